The van der Waals surface area contributed by atoms with Gasteiger partial charge in [-0.15, -0.1) is 5.11 Å². The number of aliphatic hydroxyl groups is 1. The molecule has 0 aliphatic heterocycles. The highest BCUT2D eigenvalue weighted by atomic mass is 31.2. The molecule has 0 fully saturated rings. The van der Waals surface area contributed by atoms with E-state index in [0.29, 0.717) is 54.9 Å². The predicted molar refractivity (Wildman–Crippen MR) is 162 cm³/mol. The molecule has 0 aliphatic rings. The molecule has 41 heavy (non-hydrogen) atoms. The monoisotopic (exact) mass is 581 g/mol. The van der Waals surface area contributed by atoms with Crippen molar-refractivity contribution in [3.63, 3.8) is 0 Å². The summed E-state index contributed by atoms with van der Waals surface area (Å²) in [7, 11) is -1.36. The molecule has 0 bridgehead atoms. The zero-order chi connectivity index (χ0) is 30.5. The van der Waals surface area contributed by atoms with Gasteiger partial charge in [-0.05, 0) is 64.1 Å². The first-order valence-electron chi connectivity index (χ1n) is 13.9. The molecule has 0 aromatic heterocycles. The molecule has 3 aromatic carbocycles. The fraction of sp³-hybridized carbons (Fsp3) is 0.414. The Morgan fingerprint density at radius 3 is 2.32 bits per heavy atom. The summed E-state index contributed by atoms with van der Waals surface area (Å²) in [4.78, 5) is 13.0. The van der Waals surface area contributed by atoms with Crippen molar-refractivity contribution in [1.29, 1.82) is 6.69 Å². The normalized spacial score (nSPS) is 12.8. The van der Waals surface area contributed by atoms with Crippen molar-refractivity contribution in [3.8, 4) is 6.07 Å². The average molecular weight is 582 g/mol. The Balaban J connectivity index is 1.72. The van der Waals surface area contributed by atoms with Crippen LogP contribution >= 0.6 is 8.53 Å². The van der Waals surface area contributed by atoms with Crippen molar-refractivity contribution in [2.75, 3.05) is 37.8 Å². The lowest BCUT2D eigenvalue weighted by Crippen LogP contribution is -2.35. The number of nitro benzene ring substituents is 1. The highest BCUT2D eigenvalue weighted by Crippen LogP contribution is 2.46. The fourth-order valence-corrected chi connectivity index (χ4v) is 5.96. The van der Waals surface area contributed by atoms with E-state index in [2.05, 4.69) is 58.7 Å². The summed E-state index contributed by atoms with van der Waals surface area (Å²) in [5.41, 5.74) is 2.08. The van der Waals surface area contributed by atoms with Crippen LogP contribution in [0.25, 0.3) is 10.8 Å². The number of non-ortho nitro benzene ring substituents is 1. The quantitative estimate of drug-likeness (QED) is 0.0578. The number of hydrogen-bond donors (Lipinski definition) is 1. The fourth-order valence-electron chi connectivity index (χ4n) is 4.38. The van der Waals surface area contributed by atoms with Gasteiger partial charge in [0, 0.05) is 42.3 Å². The van der Waals surface area contributed by atoms with Gasteiger partial charge in [-0.25, -0.2) is 4.67 Å². The maximum absolute atomic E-state index is 11.4. The molecule has 0 spiro atoms. The second-order valence-electron chi connectivity index (χ2n) is 9.69. The summed E-state index contributed by atoms with van der Waals surface area (Å²) in [6.07, 6.45) is 0.295. The van der Waals surface area contributed by atoms with E-state index in [1.165, 1.54) is 6.07 Å². The summed E-state index contributed by atoms with van der Waals surface area (Å²) in [6, 6.07) is 20.1. The van der Waals surface area contributed by atoms with E-state index in [9.17, 15) is 10.1 Å². The molecule has 3 rings (SSSR count). The highest BCUT2D eigenvalue weighted by Gasteiger charge is 2.27. The van der Waals surface area contributed by atoms with E-state index < -0.39 is 13.4 Å². The molecular weight excluding hydrogens is 543 g/mol. The summed E-state index contributed by atoms with van der Waals surface area (Å²) >= 11 is 0. The van der Waals surface area contributed by atoms with Crippen molar-refractivity contribution in [2.45, 2.75) is 46.2 Å². The lowest BCUT2D eigenvalue weighted by atomic mass is 10.1. The molecule has 11 nitrogen and oxygen atoms in total. The number of azo groups is 1. The molecule has 0 saturated carbocycles. The zero-order valence-electron chi connectivity index (χ0n) is 24.8. The largest absolute Gasteiger partial charge is 0.395 e. The van der Waals surface area contributed by atoms with Crippen LogP contribution < -0.4 is 4.90 Å². The lowest BCUT2D eigenvalue weighted by Gasteiger charge is -2.36. The van der Waals surface area contributed by atoms with Crippen LogP contribution in [-0.4, -0.2) is 61.1 Å². The number of fused-ring (bicyclic) bond motifs is 1. The minimum atomic E-state index is -1.36. The van der Waals surface area contributed by atoms with E-state index in [0.717, 1.165) is 5.69 Å². The molecule has 0 aliphatic carbocycles. The Hall–Kier alpha value is -3.52. The van der Waals surface area contributed by atoms with Crippen molar-refractivity contribution in [3.05, 3.63) is 70.8 Å². The minimum Gasteiger partial charge on any atom is -0.395 e. The standard InChI is InChI=1S/C29H37N6O5P/c1-22(2)34(23(3)4)41(39-20-7-16-30)40-21-18-33(17-19-36)25-12-10-24(11-13-25)31-32-28-14-15-29(35(37)38)27-9-6-5-8-26(27)28/h5-6,8-15,22-23,36H,7,17-21H2,1-4H3/i36D. The first-order valence-corrected chi connectivity index (χ1v) is 14.6. The summed E-state index contributed by atoms with van der Waals surface area (Å²) in [5.74, 6) is 0. The van der Waals surface area contributed by atoms with E-state index in [-0.39, 0.29) is 24.4 Å². The molecule has 0 amide bonds. The molecule has 0 saturated heterocycles. The molecule has 1 unspecified atom stereocenters. The van der Waals surface area contributed by atoms with Crippen LogP contribution in [-0.2, 0) is 9.05 Å². The Bertz CT molecular complexity index is 1360. The smallest absolute Gasteiger partial charge is 0.277 e. The highest BCUT2D eigenvalue weighted by molar-refractivity contribution is 7.44. The predicted octanol–water partition coefficient (Wildman–Crippen LogP) is 7.25. The number of anilines is 1. The van der Waals surface area contributed by atoms with Crippen LogP contribution in [0.3, 0.4) is 0 Å². The zero-order valence-corrected chi connectivity index (χ0v) is 24.7. The van der Waals surface area contributed by atoms with Crippen LogP contribution in [0.5, 0.6) is 0 Å². The number of aliphatic hydroxyl groups excluding tert-OH is 1. The van der Waals surface area contributed by atoms with Gasteiger partial charge in [0.1, 0.15) is 0 Å². The van der Waals surface area contributed by atoms with E-state index >= 15 is 0 Å². The number of nitriles is 1. The number of nitro groups is 1. The maximum atomic E-state index is 11.4. The van der Waals surface area contributed by atoms with Crippen LogP contribution in [0, 0.1) is 21.4 Å². The van der Waals surface area contributed by atoms with Gasteiger partial charge in [0.25, 0.3) is 14.2 Å². The van der Waals surface area contributed by atoms with Crippen LogP contribution in [0.1, 0.15) is 34.1 Å². The number of rotatable bonds is 17. The summed E-state index contributed by atoms with van der Waals surface area (Å²) in [5, 5.41) is 34.8. The van der Waals surface area contributed by atoms with Gasteiger partial charge in [0.15, 0.2) is 0 Å². The van der Waals surface area contributed by atoms with Gasteiger partial charge in [-0.2, -0.15) is 10.4 Å². The number of nitrogens with zero attached hydrogens (tertiary/aromatic N) is 6. The second-order valence-corrected chi connectivity index (χ2v) is 11.1. The van der Waals surface area contributed by atoms with Crippen LogP contribution in [0.15, 0.2) is 70.9 Å². The lowest BCUT2D eigenvalue weighted by molar-refractivity contribution is -0.383. The SMILES string of the molecule is [2H]OCCN(CCOP(OCCC#N)N(C(C)C)C(C)C)c1ccc(N=Nc2ccc([N+](=O)[O-])c3ccccc23)cc1. The average Bonchev–Trinajstić information content (AvgIpc) is 2.97. The van der Waals surface area contributed by atoms with Crippen molar-refractivity contribution in [1.82, 2.24) is 4.67 Å². The first kappa shape index (κ1) is 30.4. The summed E-state index contributed by atoms with van der Waals surface area (Å²) in [6.45, 7) is 10.3. The second kappa shape index (κ2) is 16.1. The van der Waals surface area contributed by atoms with Gasteiger partial charge in [0.2, 0.25) is 1.43 Å². The van der Waals surface area contributed by atoms with Gasteiger partial charge >= 0.3 is 0 Å². The number of benzene rings is 3. The van der Waals surface area contributed by atoms with Gasteiger partial charge in [-0.3, -0.25) is 10.1 Å². The van der Waals surface area contributed by atoms with Crippen molar-refractivity contribution < 1.29 is 19.1 Å². The van der Waals surface area contributed by atoms with Crippen molar-refractivity contribution in [2.24, 2.45) is 10.2 Å². The Labute approximate surface area is 243 Å². The third kappa shape index (κ3) is 8.98. The van der Waals surface area contributed by atoms with Gasteiger partial charge in [-0.1, -0.05) is 18.2 Å². The molecule has 12 heteroatoms. The Morgan fingerprint density at radius 1 is 1.00 bits per heavy atom. The van der Waals surface area contributed by atoms with Crippen molar-refractivity contribution >= 4 is 42.0 Å². The van der Waals surface area contributed by atoms with E-state index in [1.807, 2.05) is 30.3 Å². The topological polar surface area (TPSA) is 137 Å². The minimum absolute atomic E-state index is 0.0250. The third-order valence-corrected chi connectivity index (χ3v) is 8.26. The van der Waals surface area contributed by atoms with Gasteiger partial charge in [0.05, 0.1) is 54.0 Å². The molecule has 0 radical (unpaired) electrons. The third-order valence-electron chi connectivity index (χ3n) is 6.15. The molecule has 1 N–H and O–H groups in total. The molecule has 1 atom stereocenters. The van der Waals surface area contributed by atoms with E-state index in [1.54, 1.807) is 24.3 Å². The Kier molecular flexibility index (Phi) is 11.9. The first-order chi connectivity index (χ1) is 20.3. The van der Waals surface area contributed by atoms with Crippen LogP contribution in [0.4, 0.5) is 22.7 Å². The number of hydrogen-bond acceptors (Lipinski definition) is 10. The van der Waals surface area contributed by atoms with Gasteiger partial charge < -0.3 is 19.1 Å². The van der Waals surface area contributed by atoms with Crippen LogP contribution in [0.2, 0.25) is 0 Å². The maximum Gasteiger partial charge on any atom is 0.277 e. The summed E-state index contributed by atoms with van der Waals surface area (Å²) < 4.78 is 21.5. The molecule has 0 heterocycles. The molecular formula is C29H37N6O5P. The van der Waals surface area contributed by atoms with E-state index in [4.69, 9.17) is 15.7 Å². The Morgan fingerprint density at radius 2 is 1.68 bits per heavy atom. The molecule has 218 valence electrons. The molecule has 3 aromatic rings.